The van der Waals surface area contributed by atoms with E-state index in [0.717, 1.165) is 44.7 Å². The quantitative estimate of drug-likeness (QED) is 0.263. The highest BCUT2D eigenvalue weighted by molar-refractivity contribution is 6.21. The number of benzene rings is 3. The number of aromatic nitrogens is 4. The van der Waals surface area contributed by atoms with E-state index in [1.165, 1.54) is 10.8 Å². The Bertz CT molecular complexity index is 1720. The number of fused-ring (bicyclic) bond motifs is 5. The van der Waals surface area contributed by atoms with Gasteiger partial charge in [0, 0.05) is 33.6 Å². The summed E-state index contributed by atoms with van der Waals surface area (Å²) in [6.45, 7) is 7.93. The Morgan fingerprint density at radius 2 is 1.59 bits per heavy atom. The zero-order chi connectivity index (χ0) is 23.1. The van der Waals surface area contributed by atoms with Gasteiger partial charge < -0.3 is 4.57 Å². The van der Waals surface area contributed by atoms with Crippen LogP contribution < -0.4 is 0 Å². The smallest absolute Gasteiger partial charge is 0.159 e. The Kier molecular flexibility index (Phi) is 4.70. The summed E-state index contributed by atoms with van der Waals surface area (Å²) in [5.41, 5.74) is 6.22. The van der Waals surface area contributed by atoms with Gasteiger partial charge >= 0.3 is 0 Å². The molecule has 4 nitrogen and oxygen atoms in total. The number of rotatable bonds is 5. The highest BCUT2D eigenvalue weighted by atomic mass is 15.2. The van der Waals surface area contributed by atoms with Crippen LogP contribution in [-0.4, -0.2) is 19.3 Å². The summed E-state index contributed by atoms with van der Waals surface area (Å²) in [6, 6.07) is 29.1. The molecule has 0 saturated heterocycles. The third kappa shape index (κ3) is 3.00. The average Bonchev–Trinajstić information content (AvgIpc) is 3.47. The van der Waals surface area contributed by atoms with Gasteiger partial charge in [-0.25, -0.2) is 0 Å². The monoisotopic (exact) mass is 438 g/mol. The molecule has 3 heterocycles. The zero-order valence-electron chi connectivity index (χ0n) is 18.6. The van der Waals surface area contributed by atoms with E-state index >= 15 is 0 Å². The van der Waals surface area contributed by atoms with Crippen LogP contribution in [0.5, 0.6) is 0 Å². The van der Waals surface area contributed by atoms with E-state index in [1.807, 2.05) is 54.6 Å². The SMILES string of the molecule is C=CC=C(C=C)n1c2ccccc2c2c3c(ccc21)ccn3-c1ccc(-c2ccccc2)nn1. The summed E-state index contributed by atoms with van der Waals surface area (Å²) in [5.74, 6) is 0.782. The lowest BCUT2D eigenvalue weighted by Crippen LogP contribution is -1.99. The van der Waals surface area contributed by atoms with Crippen LogP contribution in [-0.2, 0) is 0 Å². The average molecular weight is 439 g/mol. The lowest BCUT2D eigenvalue weighted by atomic mass is 10.1. The summed E-state index contributed by atoms with van der Waals surface area (Å²) in [6.07, 6.45) is 7.71. The van der Waals surface area contributed by atoms with Gasteiger partial charge in [-0.05, 0) is 42.5 Å². The van der Waals surface area contributed by atoms with Crippen molar-refractivity contribution in [3.63, 3.8) is 0 Å². The fourth-order valence-electron chi connectivity index (χ4n) is 4.72. The molecule has 0 N–H and O–H groups in total. The van der Waals surface area contributed by atoms with E-state index in [0.29, 0.717) is 0 Å². The van der Waals surface area contributed by atoms with Crippen LogP contribution >= 0.6 is 0 Å². The van der Waals surface area contributed by atoms with Crippen LogP contribution in [0.25, 0.3) is 55.5 Å². The lowest BCUT2D eigenvalue weighted by molar-refractivity contribution is 0.943. The zero-order valence-corrected chi connectivity index (χ0v) is 18.6. The predicted octanol–water partition coefficient (Wildman–Crippen LogP) is 7.41. The fourth-order valence-corrected chi connectivity index (χ4v) is 4.72. The highest BCUT2D eigenvalue weighted by Crippen LogP contribution is 2.38. The van der Waals surface area contributed by atoms with Crippen molar-refractivity contribution < 1.29 is 0 Å². The predicted molar refractivity (Wildman–Crippen MR) is 142 cm³/mol. The number of hydrogen-bond acceptors (Lipinski definition) is 2. The molecule has 6 aromatic rings. The van der Waals surface area contributed by atoms with Gasteiger partial charge in [-0.15, -0.1) is 10.2 Å². The molecule has 0 amide bonds. The molecular formula is C30H22N4. The molecule has 0 aliphatic heterocycles. The molecule has 3 aromatic heterocycles. The van der Waals surface area contributed by atoms with Crippen LogP contribution in [0.3, 0.4) is 0 Å². The molecule has 3 aromatic carbocycles. The maximum atomic E-state index is 4.59. The molecule has 0 saturated carbocycles. The molecule has 0 aliphatic carbocycles. The number of hydrogen-bond donors (Lipinski definition) is 0. The van der Waals surface area contributed by atoms with Gasteiger partial charge in [0.2, 0.25) is 0 Å². The third-order valence-corrected chi connectivity index (χ3v) is 6.21. The second-order valence-electron chi connectivity index (χ2n) is 8.11. The van der Waals surface area contributed by atoms with Crippen molar-refractivity contribution in [2.75, 3.05) is 0 Å². The minimum atomic E-state index is 0.782. The summed E-state index contributed by atoms with van der Waals surface area (Å²) in [5, 5.41) is 12.6. The largest absolute Gasteiger partial charge is 0.309 e. The molecule has 162 valence electrons. The molecule has 0 unspecified atom stereocenters. The molecule has 0 aliphatic rings. The van der Waals surface area contributed by atoms with E-state index in [1.54, 1.807) is 6.08 Å². The molecule has 0 atom stereocenters. The topological polar surface area (TPSA) is 35.6 Å². The fraction of sp³-hybridized carbons (Fsp3) is 0. The molecule has 0 radical (unpaired) electrons. The van der Waals surface area contributed by atoms with Crippen molar-refractivity contribution in [3.8, 4) is 17.1 Å². The summed E-state index contributed by atoms with van der Waals surface area (Å²) >= 11 is 0. The number of nitrogens with zero attached hydrogens (tertiary/aromatic N) is 4. The van der Waals surface area contributed by atoms with E-state index in [9.17, 15) is 0 Å². The molecule has 34 heavy (non-hydrogen) atoms. The van der Waals surface area contributed by atoms with Crippen LogP contribution in [0, 0.1) is 0 Å². The van der Waals surface area contributed by atoms with E-state index < -0.39 is 0 Å². The van der Waals surface area contributed by atoms with E-state index in [4.69, 9.17) is 0 Å². The molecule has 6 rings (SSSR count). The first-order valence-electron chi connectivity index (χ1n) is 11.2. The molecule has 0 spiro atoms. The van der Waals surface area contributed by atoms with Crippen LogP contribution in [0.4, 0.5) is 0 Å². The van der Waals surface area contributed by atoms with E-state index in [2.05, 4.69) is 81.2 Å². The van der Waals surface area contributed by atoms with Crippen molar-refractivity contribution >= 4 is 38.4 Å². The van der Waals surface area contributed by atoms with Crippen molar-refractivity contribution in [1.29, 1.82) is 0 Å². The molecule has 0 bridgehead atoms. The summed E-state index contributed by atoms with van der Waals surface area (Å²) in [4.78, 5) is 0. The van der Waals surface area contributed by atoms with Gasteiger partial charge in [0.15, 0.2) is 5.82 Å². The minimum absolute atomic E-state index is 0.782. The van der Waals surface area contributed by atoms with Crippen LogP contribution in [0.15, 0.2) is 123 Å². The Labute approximate surface area is 197 Å². The summed E-state index contributed by atoms with van der Waals surface area (Å²) < 4.78 is 4.36. The number of para-hydroxylation sites is 1. The first-order chi connectivity index (χ1) is 16.8. The standard InChI is InChI=1S/C30H22N4/c1-3-10-23(4-2)34-26-14-9-8-13-24(26)29-27(34)17-15-22-19-20-33(30(22)29)28-18-16-25(31-32-28)21-11-6-5-7-12-21/h3-20H,1-2H2. The van der Waals surface area contributed by atoms with Crippen molar-refractivity contribution in [2.24, 2.45) is 0 Å². The van der Waals surface area contributed by atoms with Crippen molar-refractivity contribution in [2.45, 2.75) is 0 Å². The van der Waals surface area contributed by atoms with Gasteiger partial charge in [-0.2, -0.15) is 0 Å². The van der Waals surface area contributed by atoms with Gasteiger partial charge in [0.05, 0.1) is 22.2 Å². The molecule has 4 heteroatoms. The second kappa shape index (κ2) is 8.01. The Morgan fingerprint density at radius 3 is 2.35 bits per heavy atom. The van der Waals surface area contributed by atoms with E-state index in [-0.39, 0.29) is 0 Å². The third-order valence-electron chi connectivity index (χ3n) is 6.21. The highest BCUT2D eigenvalue weighted by Gasteiger charge is 2.17. The first kappa shape index (κ1) is 19.9. The lowest BCUT2D eigenvalue weighted by Gasteiger charge is -2.09. The maximum absolute atomic E-state index is 4.59. The van der Waals surface area contributed by atoms with Gasteiger partial charge in [-0.1, -0.05) is 73.8 Å². The van der Waals surface area contributed by atoms with Gasteiger partial charge in [-0.3, -0.25) is 4.57 Å². The minimum Gasteiger partial charge on any atom is -0.309 e. The normalized spacial score (nSPS) is 11.9. The molecular weight excluding hydrogens is 416 g/mol. The maximum Gasteiger partial charge on any atom is 0.159 e. The van der Waals surface area contributed by atoms with Crippen LogP contribution in [0.1, 0.15) is 0 Å². The Balaban J connectivity index is 1.63. The Hall–Kier alpha value is -4.70. The molecule has 0 fully saturated rings. The van der Waals surface area contributed by atoms with Gasteiger partial charge in [0.25, 0.3) is 0 Å². The van der Waals surface area contributed by atoms with Crippen molar-refractivity contribution in [1.82, 2.24) is 19.3 Å². The summed E-state index contributed by atoms with van der Waals surface area (Å²) in [7, 11) is 0. The number of allylic oxidation sites excluding steroid dienone is 4. The Morgan fingerprint density at radius 1 is 0.765 bits per heavy atom. The second-order valence-corrected chi connectivity index (χ2v) is 8.11. The van der Waals surface area contributed by atoms with Crippen LogP contribution in [0.2, 0.25) is 0 Å². The van der Waals surface area contributed by atoms with Gasteiger partial charge in [0.1, 0.15) is 0 Å². The van der Waals surface area contributed by atoms with Crippen molar-refractivity contribution in [3.05, 3.63) is 123 Å². The first-order valence-corrected chi connectivity index (χ1v) is 11.2.